The number of rotatable bonds is 6. The molecule has 0 spiro atoms. The van der Waals surface area contributed by atoms with E-state index in [2.05, 4.69) is 59.5 Å². The van der Waals surface area contributed by atoms with Crippen molar-refractivity contribution >= 4 is 0 Å². The van der Waals surface area contributed by atoms with Gasteiger partial charge in [-0.25, -0.2) is 0 Å². The molecule has 1 saturated heterocycles. The molecule has 0 unspecified atom stereocenters. The van der Waals surface area contributed by atoms with Gasteiger partial charge in [0.1, 0.15) is 0 Å². The van der Waals surface area contributed by atoms with Gasteiger partial charge in [-0.05, 0) is 23.1 Å². The average Bonchev–Trinajstić information content (AvgIpc) is 2.61. The topological polar surface area (TPSA) is 21.7 Å². The first-order chi connectivity index (χ1) is 11.4. The van der Waals surface area contributed by atoms with Crippen molar-refractivity contribution in [2.45, 2.75) is 19.1 Å². The predicted molar refractivity (Wildman–Crippen MR) is 93.4 cm³/mol. The highest BCUT2D eigenvalue weighted by atomic mass is 16.5. The molecule has 3 heteroatoms. The monoisotopic (exact) mass is 311 g/mol. The summed E-state index contributed by atoms with van der Waals surface area (Å²) in [5.74, 6) is 0. The Labute approximate surface area is 138 Å². The molecule has 0 amide bonds. The van der Waals surface area contributed by atoms with Crippen molar-refractivity contribution in [2.75, 3.05) is 33.4 Å². The number of hydrogen-bond donors (Lipinski definition) is 0. The van der Waals surface area contributed by atoms with Crippen molar-refractivity contribution in [3.05, 3.63) is 60.2 Å². The largest absolute Gasteiger partial charge is 0.385 e. The van der Waals surface area contributed by atoms with E-state index in [0.717, 1.165) is 39.3 Å². The predicted octanol–water partition coefficient (Wildman–Crippen LogP) is 3.59. The molecule has 0 radical (unpaired) electrons. The number of methoxy groups -OCH3 is 1. The second-order valence-corrected chi connectivity index (χ2v) is 6.03. The van der Waals surface area contributed by atoms with Crippen molar-refractivity contribution in [1.82, 2.24) is 4.90 Å². The van der Waals surface area contributed by atoms with Crippen molar-refractivity contribution in [3.63, 3.8) is 0 Å². The summed E-state index contributed by atoms with van der Waals surface area (Å²) < 4.78 is 11.0. The van der Waals surface area contributed by atoms with Crippen molar-refractivity contribution < 1.29 is 9.47 Å². The Hall–Kier alpha value is -1.68. The van der Waals surface area contributed by atoms with E-state index in [-0.39, 0.29) is 6.10 Å². The third kappa shape index (κ3) is 4.41. The average molecular weight is 311 g/mol. The first-order valence-corrected chi connectivity index (χ1v) is 8.33. The molecule has 122 valence electrons. The maximum Gasteiger partial charge on any atom is 0.0724 e. The summed E-state index contributed by atoms with van der Waals surface area (Å²) >= 11 is 0. The molecule has 1 aliphatic rings. The summed E-state index contributed by atoms with van der Waals surface area (Å²) in [6, 6.07) is 19.3. The van der Waals surface area contributed by atoms with Crippen LogP contribution in [0.2, 0.25) is 0 Å². The lowest BCUT2D eigenvalue weighted by molar-refractivity contribution is -0.0432. The molecule has 23 heavy (non-hydrogen) atoms. The molecule has 1 aliphatic heterocycles. The summed E-state index contributed by atoms with van der Waals surface area (Å²) in [5, 5.41) is 0. The molecule has 3 rings (SSSR count). The Morgan fingerprint density at radius 3 is 2.70 bits per heavy atom. The smallest absolute Gasteiger partial charge is 0.0724 e. The Balaban J connectivity index is 1.71. The summed E-state index contributed by atoms with van der Waals surface area (Å²) in [7, 11) is 1.75. The summed E-state index contributed by atoms with van der Waals surface area (Å²) in [5.41, 5.74) is 3.99. The minimum atomic E-state index is 0.285. The number of morpholine rings is 1. The number of ether oxygens (including phenoxy) is 2. The minimum Gasteiger partial charge on any atom is -0.385 e. The minimum absolute atomic E-state index is 0.285. The molecule has 1 fully saturated rings. The lowest BCUT2D eigenvalue weighted by Crippen LogP contribution is -2.42. The molecule has 0 saturated carbocycles. The van der Waals surface area contributed by atoms with E-state index in [0.29, 0.717) is 0 Å². The van der Waals surface area contributed by atoms with Crippen LogP contribution in [0, 0.1) is 0 Å². The Kier molecular flexibility index (Phi) is 5.81. The molecule has 1 heterocycles. The van der Waals surface area contributed by atoms with E-state index >= 15 is 0 Å². The summed E-state index contributed by atoms with van der Waals surface area (Å²) in [6.45, 7) is 4.51. The zero-order chi connectivity index (χ0) is 15.9. The fourth-order valence-electron chi connectivity index (χ4n) is 3.15. The standard InChI is InChI=1S/C20H25NO2/c1-22-13-11-19-16-21(12-14-23-19)15-18-9-5-6-10-20(18)17-7-3-2-4-8-17/h2-10,19H,11-16H2,1H3/t19-/m0/s1. The van der Waals surface area contributed by atoms with Gasteiger partial charge in [-0.1, -0.05) is 54.6 Å². The fourth-order valence-corrected chi connectivity index (χ4v) is 3.15. The van der Waals surface area contributed by atoms with Crippen LogP contribution in [0.3, 0.4) is 0 Å². The van der Waals surface area contributed by atoms with Crippen LogP contribution in [-0.4, -0.2) is 44.4 Å². The van der Waals surface area contributed by atoms with Crippen LogP contribution < -0.4 is 0 Å². The summed E-state index contributed by atoms with van der Waals surface area (Å²) in [6.07, 6.45) is 1.25. The maximum atomic E-state index is 5.84. The van der Waals surface area contributed by atoms with Gasteiger partial charge < -0.3 is 9.47 Å². The van der Waals surface area contributed by atoms with E-state index in [4.69, 9.17) is 9.47 Å². The quantitative estimate of drug-likeness (QED) is 0.814. The molecular weight excluding hydrogens is 286 g/mol. The fraction of sp³-hybridized carbons (Fsp3) is 0.400. The maximum absolute atomic E-state index is 5.84. The lowest BCUT2D eigenvalue weighted by Gasteiger charge is -2.33. The van der Waals surface area contributed by atoms with Crippen LogP contribution in [0.25, 0.3) is 11.1 Å². The van der Waals surface area contributed by atoms with E-state index in [1.165, 1.54) is 16.7 Å². The van der Waals surface area contributed by atoms with E-state index in [9.17, 15) is 0 Å². The van der Waals surface area contributed by atoms with Gasteiger partial charge in [0.15, 0.2) is 0 Å². The number of benzene rings is 2. The second-order valence-electron chi connectivity index (χ2n) is 6.03. The van der Waals surface area contributed by atoms with Gasteiger partial charge >= 0.3 is 0 Å². The molecule has 0 aliphatic carbocycles. The molecule has 2 aromatic rings. The highest BCUT2D eigenvalue weighted by molar-refractivity contribution is 5.67. The SMILES string of the molecule is COCC[C@H]1CN(Cc2ccccc2-c2ccccc2)CCO1. The summed E-state index contributed by atoms with van der Waals surface area (Å²) in [4.78, 5) is 2.49. The normalized spacial score (nSPS) is 18.9. The van der Waals surface area contributed by atoms with E-state index < -0.39 is 0 Å². The first kappa shape index (κ1) is 16.2. The van der Waals surface area contributed by atoms with Gasteiger partial charge in [0.05, 0.1) is 12.7 Å². The van der Waals surface area contributed by atoms with Crippen LogP contribution >= 0.6 is 0 Å². The zero-order valence-electron chi connectivity index (χ0n) is 13.8. The van der Waals surface area contributed by atoms with Crippen molar-refractivity contribution in [1.29, 1.82) is 0 Å². The molecule has 0 aromatic heterocycles. The van der Waals surface area contributed by atoms with Crippen LogP contribution in [0.1, 0.15) is 12.0 Å². The van der Waals surface area contributed by atoms with Gasteiger partial charge in [0, 0.05) is 33.4 Å². The van der Waals surface area contributed by atoms with Crippen molar-refractivity contribution in [2.24, 2.45) is 0 Å². The molecular formula is C20H25NO2. The Morgan fingerprint density at radius 2 is 1.87 bits per heavy atom. The number of nitrogens with zero attached hydrogens (tertiary/aromatic N) is 1. The van der Waals surface area contributed by atoms with Gasteiger partial charge in [-0.15, -0.1) is 0 Å². The third-order valence-electron chi connectivity index (χ3n) is 4.36. The van der Waals surface area contributed by atoms with Gasteiger partial charge in [-0.2, -0.15) is 0 Å². The first-order valence-electron chi connectivity index (χ1n) is 8.33. The van der Waals surface area contributed by atoms with Crippen LogP contribution in [0.15, 0.2) is 54.6 Å². The highest BCUT2D eigenvalue weighted by Crippen LogP contribution is 2.25. The van der Waals surface area contributed by atoms with E-state index in [1.54, 1.807) is 7.11 Å². The highest BCUT2D eigenvalue weighted by Gasteiger charge is 2.21. The van der Waals surface area contributed by atoms with Gasteiger partial charge in [0.2, 0.25) is 0 Å². The molecule has 2 aromatic carbocycles. The van der Waals surface area contributed by atoms with Crippen LogP contribution in [-0.2, 0) is 16.0 Å². The molecule has 0 bridgehead atoms. The second kappa shape index (κ2) is 8.25. The Bertz CT molecular complexity index is 600. The molecule has 1 atom stereocenters. The van der Waals surface area contributed by atoms with Gasteiger partial charge in [0.25, 0.3) is 0 Å². The third-order valence-corrected chi connectivity index (χ3v) is 4.36. The lowest BCUT2D eigenvalue weighted by atomic mass is 9.99. The van der Waals surface area contributed by atoms with Crippen LogP contribution in [0.4, 0.5) is 0 Å². The molecule has 3 nitrogen and oxygen atoms in total. The van der Waals surface area contributed by atoms with Crippen molar-refractivity contribution in [3.8, 4) is 11.1 Å². The Morgan fingerprint density at radius 1 is 1.09 bits per heavy atom. The van der Waals surface area contributed by atoms with E-state index in [1.807, 2.05) is 0 Å². The van der Waals surface area contributed by atoms with Gasteiger partial charge in [-0.3, -0.25) is 4.90 Å². The molecule has 0 N–H and O–H groups in total. The van der Waals surface area contributed by atoms with Crippen LogP contribution in [0.5, 0.6) is 0 Å². The zero-order valence-corrected chi connectivity index (χ0v) is 13.8. The number of hydrogen-bond acceptors (Lipinski definition) is 3.